The number of likely N-dealkylation sites (tertiary alicyclic amines) is 1. The van der Waals surface area contributed by atoms with Gasteiger partial charge in [0.25, 0.3) is 5.91 Å². The number of piperidine rings is 1. The maximum absolute atomic E-state index is 12.4. The van der Waals surface area contributed by atoms with Crippen molar-refractivity contribution in [2.45, 2.75) is 25.5 Å². The lowest BCUT2D eigenvalue weighted by Crippen LogP contribution is -2.52. The Balaban J connectivity index is 1.84. The number of rotatable bonds is 1. The van der Waals surface area contributed by atoms with Crippen LogP contribution in [0.5, 0.6) is 0 Å². The van der Waals surface area contributed by atoms with Crippen molar-refractivity contribution >= 4 is 16.9 Å². The molecule has 1 aromatic heterocycles. The van der Waals surface area contributed by atoms with Gasteiger partial charge >= 0.3 is 0 Å². The van der Waals surface area contributed by atoms with Crippen molar-refractivity contribution in [2.24, 2.45) is 5.73 Å². The average Bonchev–Trinajstić information content (AvgIpc) is 2.80. The smallest absolute Gasteiger partial charge is 0.253 e. The van der Waals surface area contributed by atoms with E-state index in [-0.39, 0.29) is 11.9 Å². The molecule has 2 heterocycles. The standard InChI is InChI=1S/C15H18N2O3/c1-9-6-11-7-10(2-3-14(11)20-9)15(19)17-5-4-12(16)13(18)8-17/h2-3,6-7,12-13,18H,4-5,8,16H2,1H3/t12-,13-/m1/s1. The first-order valence-corrected chi connectivity index (χ1v) is 6.78. The summed E-state index contributed by atoms with van der Waals surface area (Å²) in [5, 5.41) is 10.7. The van der Waals surface area contributed by atoms with E-state index in [4.69, 9.17) is 10.2 Å². The zero-order valence-electron chi connectivity index (χ0n) is 11.4. The van der Waals surface area contributed by atoms with Gasteiger partial charge in [0.15, 0.2) is 0 Å². The number of β-amino-alcohol motifs (C(OH)–C–C–N with tert-alkyl or cyclic N) is 1. The van der Waals surface area contributed by atoms with E-state index >= 15 is 0 Å². The first kappa shape index (κ1) is 13.1. The lowest BCUT2D eigenvalue weighted by Gasteiger charge is -2.34. The van der Waals surface area contributed by atoms with Gasteiger partial charge in [-0.2, -0.15) is 0 Å². The molecule has 1 aliphatic rings. The number of hydrogen-bond acceptors (Lipinski definition) is 4. The molecule has 1 aromatic carbocycles. The number of carbonyl (C=O) groups excluding carboxylic acids is 1. The van der Waals surface area contributed by atoms with Crippen molar-refractivity contribution in [3.8, 4) is 0 Å². The van der Waals surface area contributed by atoms with Crippen LogP contribution in [0.1, 0.15) is 22.5 Å². The molecule has 0 aliphatic carbocycles. The summed E-state index contributed by atoms with van der Waals surface area (Å²) < 4.78 is 5.50. The lowest BCUT2D eigenvalue weighted by molar-refractivity contribution is 0.0395. The molecule has 0 spiro atoms. The van der Waals surface area contributed by atoms with Crippen LogP contribution in [-0.4, -0.2) is 41.1 Å². The predicted octanol–water partition coefficient (Wildman–Crippen LogP) is 1.28. The maximum Gasteiger partial charge on any atom is 0.253 e. The van der Waals surface area contributed by atoms with Gasteiger partial charge in [0.05, 0.1) is 6.10 Å². The Bertz CT molecular complexity index is 650. The minimum atomic E-state index is -0.646. The molecule has 5 heteroatoms. The summed E-state index contributed by atoms with van der Waals surface area (Å²) in [7, 11) is 0. The summed E-state index contributed by atoms with van der Waals surface area (Å²) in [6.07, 6.45) is -0.0208. The molecule has 2 atom stereocenters. The topological polar surface area (TPSA) is 79.7 Å². The fraction of sp³-hybridized carbons (Fsp3) is 0.400. The fourth-order valence-electron chi connectivity index (χ4n) is 2.63. The first-order valence-electron chi connectivity index (χ1n) is 6.78. The molecule has 0 unspecified atom stereocenters. The highest BCUT2D eigenvalue weighted by atomic mass is 16.3. The van der Waals surface area contributed by atoms with Gasteiger partial charge in [-0.25, -0.2) is 0 Å². The van der Waals surface area contributed by atoms with E-state index in [1.165, 1.54) is 0 Å². The van der Waals surface area contributed by atoms with Crippen molar-refractivity contribution in [3.05, 3.63) is 35.6 Å². The van der Waals surface area contributed by atoms with Gasteiger partial charge in [0.2, 0.25) is 0 Å². The Morgan fingerprint density at radius 1 is 1.45 bits per heavy atom. The van der Waals surface area contributed by atoms with E-state index in [2.05, 4.69) is 0 Å². The normalized spacial score (nSPS) is 23.2. The number of aliphatic hydroxyl groups is 1. The second-order valence-corrected chi connectivity index (χ2v) is 5.38. The number of nitrogens with two attached hydrogens (primary N) is 1. The van der Waals surface area contributed by atoms with E-state index < -0.39 is 6.10 Å². The molecule has 20 heavy (non-hydrogen) atoms. The minimum absolute atomic E-state index is 0.0725. The molecule has 3 N–H and O–H groups in total. The molecule has 1 aliphatic heterocycles. The summed E-state index contributed by atoms with van der Waals surface area (Å²) in [5.74, 6) is 0.751. The summed E-state index contributed by atoms with van der Waals surface area (Å²) in [4.78, 5) is 14.1. The number of aliphatic hydroxyl groups excluding tert-OH is 1. The Morgan fingerprint density at radius 2 is 2.25 bits per heavy atom. The second kappa shape index (κ2) is 4.92. The Morgan fingerprint density at radius 3 is 3.00 bits per heavy atom. The zero-order valence-corrected chi connectivity index (χ0v) is 11.4. The van der Waals surface area contributed by atoms with Gasteiger partial charge in [0, 0.05) is 30.1 Å². The van der Waals surface area contributed by atoms with Crippen molar-refractivity contribution in [1.82, 2.24) is 4.90 Å². The number of hydrogen-bond donors (Lipinski definition) is 2. The number of nitrogens with zero attached hydrogens (tertiary/aromatic N) is 1. The van der Waals surface area contributed by atoms with Crippen molar-refractivity contribution in [3.63, 3.8) is 0 Å². The molecule has 0 bridgehead atoms. The summed E-state index contributed by atoms with van der Waals surface area (Å²) >= 11 is 0. The molecular weight excluding hydrogens is 256 g/mol. The number of fused-ring (bicyclic) bond motifs is 1. The predicted molar refractivity (Wildman–Crippen MR) is 75.5 cm³/mol. The van der Waals surface area contributed by atoms with Crippen LogP contribution in [0.2, 0.25) is 0 Å². The number of carbonyl (C=O) groups is 1. The van der Waals surface area contributed by atoms with E-state index in [0.717, 1.165) is 16.7 Å². The first-order chi connectivity index (χ1) is 9.54. The van der Waals surface area contributed by atoms with Crippen molar-refractivity contribution in [2.75, 3.05) is 13.1 Å². The lowest BCUT2D eigenvalue weighted by atomic mass is 10.0. The van der Waals surface area contributed by atoms with Gasteiger partial charge in [-0.1, -0.05) is 0 Å². The molecule has 1 fully saturated rings. The van der Waals surface area contributed by atoms with Crippen LogP contribution in [0.15, 0.2) is 28.7 Å². The molecule has 5 nitrogen and oxygen atoms in total. The largest absolute Gasteiger partial charge is 0.461 e. The summed E-state index contributed by atoms with van der Waals surface area (Å²) in [6.45, 7) is 2.76. The highest BCUT2D eigenvalue weighted by Gasteiger charge is 2.28. The van der Waals surface area contributed by atoms with E-state index in [1.54, 1.807) is 11.0 Å². The van der Waals surface area contributed by atoms with E-state index in [9.17, 15) is 9.90 Å². The van der Waals surface area contributed by atoms with Crippen LogP contribution in [0.25, 0.3) is 11.0 Å². The van der Waals surface area contributed by atoms with E-state index in [1.807, 2.05) is 25.1 Å². The third-order valence-corrected chi connectivity index (χ3v) is 3.81. The SMILES string of the molecule is Cc1cc2cc(C(=O)N3CC[C@@H](N)[C@H](O)C3)ccc2o1. The Kier molecular flexibility index (Phi) is 3.23. The molecule has 2 aromatic rings. The van der Waals surface area contributed by atoms with Crippen LogP contribution in [-0.2, 0) is 0 Å². The number of benzene rings is 1. The maximum atomic E-state index is 12.4. The monoisotopic (exact) mass is 274 g/mol. The molecular formula is C15H18N2O3. The zero-order chi connectivity index (χ0) is 14.3. The number of aryl methyl sites for hydroxylation is 1. The van der Waals surface area contributed by atoms with Crippen molar-refractivity contribution < 1.29 is 14.3 Å². The number of amides is 1. The van der Waals surface area contributed by atoms with Gasteiger partial charge < -0.3 is 20.2 Å². The van der Waals surface area contributed by atoms with Gasteiger partial charge in [-0.3, -0.25) is 4.79 Å². The molecule has 0 radical (unpaired) electrons. The van der Waals surface area contributed by atoms with Crippen LogP contribution in [0, 0.1) is 6.92 Å². The van der Waals surface area contributed by atoms with E-state index in [0.29, 0.717) is 25.1 Å². The molecule has 3 rings (SSSR count). The quantitative estimate of drug-likeness (QED) is 0.821. The van der Waals surface area contributed by atoms with Crippen LogP contribution in [0.3, 0.4) is 0 Å². The molecule has 106 valence electrons. The highest BCUT2D eigenvalue weighted by molar-refractivity contribution is 5.97. The van der Waals surface area contributed by atoms with Crippen LogP contribution in [0.4, 0.5) is 0 Å². The summed E-state index contributed by atoms with van der Waals surface area (Å²) in [6, 6.07) is 7.07. The third-order valence-electron chi connectivity index (χ3n) is 3.81. The number of furan rings is 1. The van der Waals surface area contributed by atoms with Crippen LogP contribution < -0.4 is 5.73 Å². The van der Waals surface area contributed by atoms with Crippen LogP contribution >= 0.6 is 0 Å². The average molecular weight is 274 g/mol. The van der Waals surface area contributed by atoms with Gasteiger partial charge in [0.1, 0.15) is 11.3 Å². The van der Waals surface area contributed by atoms with Gasteiger partial charge in [-0.05, 0) is 37.6 Å². The minimum Gasteiger partial charge on any atom is -0.461 e. The molecule has 1 saturated heterocycles. The summed E-state index contributed by atoms with van der Waals surface area (Å²) in [5.41, 5.74) is 7.15. The molecule has 0 saturated carbocycles. The highest BCUT2D eigenvalue weighted by Crippen LogP contribution is 2.22. The Labute approximate surface area is 117 Å². The molecule has 1 amide bonds. The third kappa shape index (κ3) is 2.30. The van der Waals surface area contributed by atoms with Crippen molar-refractivity contribution in [1.29, 1.82) is 0 Å². The second-order valence-electron chi connectivity index (χ2n) is 5.38. The van der Waals surface area contributed by atoms with Gasteiger partial charge in [-0.15, -0.1) is 0 Å². The fourth-order valence-corrected chi connectivity index (χ4v) is 2.63. The Hall–Kier alpha value is -1.85.